The molecule has 5 unspecified atom stereocenters. The minimum absolute atomic E-state index is 0.0240. The van der Waals surface area contributed by atoms with Crippen molar-refractivity contribution in [3.8, 4) is 0 Å². The molecule has 228 valence electrons. The number of rotatable bonds is 9. The highest BCUT2D eigenvalue weighted by Crippen LogP contribution is 2.37. The molecular weight excluding hydrogens is 540 g/mol. The van der Waals surface area contributed by atoms with Crippen molar-refractivity contribution in [1.29, 1.82) is 0 Å². The average molecular weight is 583 g/mol. The van der Waals surface area contributed by atoms with Crippen LogP contribution in [0.2, 0.25) is 0 Å². The molecule has 1 heterocycles. The molecule has 1 aromatic heterocycles. The van der Waals surface area contributed by atoms with E-state index in [0.29, 0.717) is 64.2 Å². The Morgan fingerprint density at radius 3 is 1.26 bits per heavy atom. The van der Waals surface area contributed by atoms with Gasteiger partial charge in [0, 0.05) is 18.1 Å². The number of hydrogen-bond donors (Lipinski definition) is 0. The quantitative estimate of drug-likeness (QED) is 0.320. The molecule has 0 aliphatic heterocycles. The number of carbonyl (C=O) groups excluding carboxylic acids is 3. The van der Waals surface area contributed by atoms with Gasteiger partial charge in [-0.15, -0.1) is 0 Å². The lowest BCUT2D eigenvalue weighted by Crippen LogP contribution is -2.58. The fraction of sp³-hybridized carbons (Fsp3) is 0.800. The lowest BCUT2D eigenvalue weighted by Gasteiger charge is -2.35. The third-order valence-electron chi connectivity index (χ3n) is 10.3. The molecule has 0 aromatic carbocycles. The number of nitrogens with zero attached hydrogens (tertiary/aromatic N) is 6. The molecule has 3 saturated carbocycles. The zero-order valence-electron chi connectivity index (χ0n) is 24.8. The second-order valence-electron chi connectivity index (χ2n) is 12.6. The predicted molar refractivity (Wildman–Crippen MR) is 155 cm³/mol. The fourth-order valence-electron chi connectivity index (χ4n) is 7.65. The van der Waals surface area contributed by atoms with Crippen LogP contribution in [0.5, 0.6) is 0 Å². The van der Waals surface area contributed by atoms with E-state index in [-0.39, 0.29) is 48.0 Å². The first kappa shape index (κ1) is 31.5. The van der Waals surface area contributed by atoms with E-state index in [2.05, 4.69) is 15.0 Å². The van der Waals surface area contributed by atoms with Gasteiger partial charge in [-0.2, -0.15) is 0 Å². The monoisotopic (exact) mass is 582 g/mol. The predicted octanol–water partition coefficient (Wildman–Crippen LogP) is 3.54. The third kappa shape index (κ3) is 6.62. The van der Waals surface area contributed by atoms with Crippen LogP contribution in [-0.4, -0.2) is 50.1 Å². The summed E-state index contributed by atoms with van der Waals surface area (Å²) in [5.74, 6) is 0.351. The Morgan fingerprint density at radius 2 is 0.881 bits per heavy atom. The maximum Gasteiger partial charge on any atom is 0.336 e. The Bertz CT molecular complexity index is 1340. The highest BCUT2D eigenvalue weighted by Gasteiger charge is 2.36. The number of hydrogen-bond acceptors (Lipinski definition) is 9. The van der Waals surface area contributed by atoms with Crippen LogP contribution < -0.4 is 17.1 Å². The lowest BCUT2D eigenvalue weighted by molar-refractivity contribution is 0.189. The lowest BCUT2D eigenvalue weighted by atomic mass is 9.81. The van der Waals surface area contributed by atoms with Crippen molar-refractivity contribution in [3.63, 3.8) is 0 Å². The molecule has 0 radical (unpaired) electrons. The van der Waals surface area contributed by atoms with Gasteiger partial charge in [0.2, 0.25) is 18.2 Å². The SMILES string of the molecule is CC(N=C=O)C1CCC(n2c(=O)n(C3CCC(C(C)N=C=O)CC3)c(=O)n(C3CCCC(C(C)N=C=O)C3)c2=O)CC1. The van der Waals surface area contributed by atoms with E-state index in [4.69, 9.17) is 0 Å². The standard InChI is InChI=1S/C30H42N6O6/c1-19(31-16-37)22-7-11-25(12-8-22)34-28(40)35(26-13-9-23(10-14-26)20(2)32-17-38)30(42)36(29(34)41)27-6-4-5-24(15-27)21(3)33-18-39/h19-27H,4-15H2,1-3H3. The summed E-state index contributed by atoms with van der Waals surface area (Å²) in [6.45, 7) is 5.60. The zero-order valence-corrected chi connectivity index (χ0v) is 24.8. The number of isocyanates is 3. The van der Waals surface area contributed by atoms with Crippen LogP contribution in [0.4, 0.5) is 0 Å². The normalized spacial score (nSPS) is 30.1. The molecule has 0 N–H and O–H groups in total. The molecule has 42 heavy (non-hydrogen) atoms. The van der Waals surface area contributed by atoms with Crippen LogP contribution in [0.3, 0.4) is 0 Å². The second-order valence-corrected chi connectivity index (χ2v) is 12.6. The molecule has 5 atom stereocenters. The number of aromatic nitrogens is 3. The van der Waals surface area contributed by atoms with Crippen molar-refractivity contribution in [3.05, 3.63) is 31.5 Å². The zero-order chi connectivity index (χ0) is 30.4. The fourth-order valence-corrected chi connectivity index (χ4v) is 7.65. The smallest absolute Gasteiger partial charge is 0.247 e. The van der Waals surface area contributed by atoms with E-state index in [0.717, 1.165) is 12.8 Å². The minimum atomic E-state index is -0.566. The van der Waals surface area contributed by atoms with Crippen LogP contribution in [0.1, 0.15) is 116 Å². The summed E-state index contributed by atoms with van der Waals surface area (Å²) >= 11 is 0. The Hall–Kier alpha value is -3.45. The molecular formula is C30H42N6O6. The van der Waals surface area contributed by atoms with Crippen LogP contribution in [0.15, 0.2) is 29.4 Å². The van der Waals surface area contributed by atoms with E-state index >= 15 is 0 Å². The van der Waals surface area contributed by atoms with E-state index in [1.54, 1.807) is 18.2 Å². The van der Waals surface area contributed by atoms with Gasteiger partial charge in [-0.05, 0) is 109 Å². The summed E-state index contributed by atoms with van der Waals surface area (Å²) in [6.07, 6.45) is 12.8. The first-order chi connectivity index (χ1) is 20.2. The molecule has 0 amide bonds. The van der Waals surface area contributed by atoms with E-state index in [1.807, 2.05) is 20.8 Å². The Kier molecular flexibility index (Phi) is 10.6. The van der Waals surface area contributed by atoms with Gasteiger partial charge in [-0.25, -0.2) is 57.4 Å². The Labute approximate surface area is 244 Å². The molecule has 12 nitrogen and oxygen atoms in total. The van der Waals surface area contributed by atoms with Crippen LogP contribution >= 0.6 is 0 Å². The molecule has 0 bridgehead atoms. The van der Waals surface area contributed by atoms with Gasteiger partial charge in [-0.1, -0.05) is 6.42 Å². The maximum atomic E-state index is 14.1. The van der Waals surface area contributed by atoms with Gasteiger partial charge in [0.15, 0.2) is 0 Å². The minimum Gasteiger partial charge on any atom is -0.247 e. The Morgan fingerprint density at radius 1 is 0.524 bits per heavy atom. The van der Waals surface area contributed by atoms with Crippen molar-refractivity contribution in [2.45, 2.75) is 134 Å². The summed E-state index contributed by atoms with van der Waals surface area (Å²) in [6, 6.07) is -1.75. The van der Waals surface area contributed by atoms with Gasteiger partial charge < -0.3 is 0 Å². The largest absolute Gasteiger partial charge is 0.336 e. The van der Waals surface area contributed by atoms with Crippen LogP contribution in [0.25, 0.3) is 0 Å². The summed E-state index contributed by atoms with van der Waals surface area (Å²) in [7, 11) is 0. The van der Waals surface area contributed by atoms with Crippen molar-refractivity contribution < 1.29 is 14.4 Å². The summed E-state index contributed by atoms with van der Waals surface area (Å²) < 4.78 is 3.93. The maximum absolute atomic E-state index is 14.1. The molecule has 3 aliphatic carbocycles. The molecule has 3 aliphatic rings. The topological polar surface area (TPSA) is 154 Å². The molecule has 0 spiro atoms. The highest BCUT2D eigenvalue weighted by atomic mass is 16.2. The Balaban J connectivity index is 1.73. The first-order valence-corrected chi connectivity index (χ1v) is 15.4. The van der Waals surface area contributed by atoms with Crippen molar-refractivity contribution in [2.75, 3.05) is 0 Å². The van der Waals surface area contributed by atoms with Gasteiger partial charge in [0.25, 0.3) is 0 Å². The molecule has 12 heteroatoms. The van der Waals surface area contributed by atoms with Gasteiger partial charge in [-0.3, -0.25) is 0 Å². The van der Waals surface area contributed by atoms with Crippen LogP contribution in [-0.2, 0) is 14.4 Å². The van der Waals surface area contributed by atoms with E-state index in [1.165, 1.54) is 13.7 Å². The van der Waals surface area contributed by atoms with Crippen LogP contribution in [0, 0.1) is 17.8 Å². The highest BCUT2D eigenvalue weighted by molar-refractivity contribution is 5.34. The van der Waals surface area contributed by atoms with Crippen molar-refractivity contribution in [2.24, 2.45) is 32.7 Å². The molecule has 0 saturated heterocycles. The third-order valence-corrected chi connectivity index (χ3v) is 10.3. The first-order valence-electron chi connectivity index (χ1n) is 15.4. The molecule has 4 rings (SSSR count). The van der Waals surface area contributed by atoms with E-state index in [9.17, 15) is 28.8 Å². The van der Waals surface area contributed by atoms with Gasteiger partial charge >= 0.3 is 17.1 Å². The average Bonchev–Trinajstić information content (AvgIpc) is 2.98. The summed E-state index contributed by atoms with van der Waals surface area (Å²) in [4.78, 5) is 86.3. The van der Waals surface area contributed by atoms with Crippen molar-refractivity contribution in [1.82, 2.24) is 13.7 Å². The number of aliphatic imine (C=N–C) groups is 3. The van der Waals surface area contributed by atoms with Crippen molar-refractivity contribution >= 4 is 18.2 Å². The summed E-state index contributed by atoms with van der Waals surface area (Å²) in [5, 5.41) is 0. The second kappa shape index (κ2) is 14.1. The van der Waals surface area contributed by atoms with Gasteiger partial charge in [0.05, 0.1) is 18.1 Å². The molecule has 1 aromatic rings. The van der Waals surface area contributed by atoms with Gasteiger partial charge in [0.1, 0.15) is 0 Å². The summed E-state index contributed by atoms with van der Waals surface area (Å²) in [5.41, 5.74) is -1.69. The molecule has 3 fully saturated rings. The van der Waals surface area contributed by atoms with E-state index < -0.39 is 23.1 Å².